The fraction of sp³-hybridized carbons (Fsp3) is 0.0909. The molecule has 14 heavy (non-hydrogen) atoms. The van der Waals surface area contributed by atoms with E-state index < -0.39 is 0 Å². The highest BCUT2D eigenvalue weighted by Crippen LogP contribution is 1.93. The maximum atomic E-state index is 4.10. The van der Waals surface area contributed by atoms with E-state index in [9.17, 15) is 0 Å². The molecule has 0 saturated carbocycles. The minimum Gasteiger partial charge on any atom is -0.261 e. The number of rotatable bonds is 2. The van der Waals surface area contributed by atoms with Crippen LogP contribution in [0.5, 0.6) is 0 Å². The highest BCUT2D eigenvalue weighted by Gasteiger charge is 1.83. The zero-order chi connectivity index (χ0) is 10.1. The maximum absolute atomic E-state index is 4.10. The first-order valence-corrected chi connectivity index (χ1v) is 5.20. The van der Waals surface area contributed by atoms with Crippen molar-refractivity contribution in [2.24, 2.45) is 0 Å². The van der Waals surface area contributed by atoms with E-state index in [1.54, 1.807) is 29.2 Å². The summed E-state index contributed by atoms with van der Waals surface area (Å²) >= 11 is 1.60. The van der Waals surface area contributed by atoms with E-state index in [1.807, 2.05) is 29.7 Å². The molecule has 0 aliphatic rings. The molecule has 0 unspecified atom stereocenters. The molecular formula is C11H12N2S. The lowest BCUT2D eigenvalue weighted by Crippen LogP contribution is -1.82. The fourth-order valence-electron chi connectivity index (χ4n) is 0.842. The predicted octanol–water partition coefficient (Wildman–Crippen LogP) is 2.95. The molecule has 0 aliphatic carbocycles. The van der Waals surface area contributed by atoms with Crippen LogP contribution in [0.4, 0.5) is 0 Å². The molecular weight excluding hydrogens is 192 g/mol. The van der Waals surface area contributed by atoms with Gasteiger partial charge in [0.1, 0.15) is 0 Å². The summed E-state index contributed by atoms with van der Waals surface area (Å²) in [7, 11) is 0. The summed E-state index contributed by atoms with van der Waals surface area (Å²) in [6.07, 6.45) is 6.27. The third kappa shape index (κ3) is 4.52. The van der Waals surface area contributed by atoms with Crippen molar-refractivity contribution in [3.63, 3.8) is 0 Å². The zero-order valence-corrected chi connectivity index (χ0v) is 8.65. The van der Waals surface area contributed by atoms with Gasteiger partial charge in [0.25, 0.3) is 0 Å². The highest BCUT2D eigenvalue weighted by molar-refractivity contribution is 7.07. The van der Waals surface area contributed by atoms with Crippen LogP contribution < -0.4 is 0 Å². The van der Waals surface area contributed by atoms with E-state index >= 15 is 0 Å². The molecule has 2 rings (SSSR count). The maximum Gasteiger partial charge on any atom is 0.0791 e. The van der Waals surface area contributed by atoms with Crippen LogP contribution in [0.2, 0.25) is 0 Å². The summed E-state index contributed by atoms with van der Waals surface area (Å²) in [5, 5.41) is 1.93. The Balaban J connectivity index is 0.000000165. The Bertz CT molecular complexity index is 312. The van der Waals surface area contributed by atoms with Gasteiger partial charge < -0.3 is 0 Å². The number of nitrogens with zero attached hydrogens (tertiary/aromatic N) is 2. The van der Waals surface area contributed by atoms with Crippen molar-refractivity contribution in [2.75, 3.05) is 0 Å². The molecule has 0 aliphatic heterocycles. The molecule has 2 heterocycles. The average Bonchev–Trinajstić information content (AvgIpc) is 2.78. The Morgan fingerprint density at radius 1 is 1.36 bits per heavy atom. The third-order valence-electron chi connectivity index (χ3n) is 1.43. The van der Waals surface area contributed by atoms with Crippen LogP contribution in [0.1, 0.15) is 5.69 Å². The van der Waals surface area contributed by atoms with Gasteiger partial charge >= 0.3 is 0 Å². The summed E-state index contributed by atoms with van der Waals surface area (Å²) in [5.74, 6) is 0. The van der Waals surface area contributed by atoms with Crippen LogP contribution in [-0.4, -0.2) is 9.97 Å². The molecule has 0 amide bonds. The van der Waals surface area contributed by atoms with Gasteiger partial charge in [-0.15, -0.1) is 17.9 Å². The van der Waals surface area contributed by atoms with Crippen LogP contribution in [0, 0.1) is 0 Å². The first-order chi connectivity index (χ1) is 6.93. The van der Waals surface area contributed by atoms with E-state index in [0.29, 0.717) is 0 Å². The summed E-state index contributed by atoms with van der Waals surface area (Å²) in [5.41, 5.74) is 2.87. The van der Waals surface area contributed by atoms with Crippen molar-refractivity contribution in [3.8, 4) is 0 Å². The molecule has 0 saturated heterocycles. The Kier molecular flexibility index (Phi) is 5.28. The highest BCUT2D eigenvalue weighted by atomic mass is 32.1. The van der Waals surface area contributed by atoms with Gasteiger partial charge in [-0.2, -0.15) is 0 Å². The molecule has 0 fully saturated rings. The van der Waals surface area contributed by atoms with Crippen molar-refractivity contribution in [1.29, 1.82) is 0 Å². The molecule has 2 aromatic rings. The van der Waals surface area contributed by atoms with Gasteiger partial charge in [0.2, 0.25) is 0 Å². The Labute approximate surface area is 88.0 Å². The summed E-state index contributed by atoms with van der Waals surface area (Å²) in [6, 6.07) is 5.88. The predicted molar refractivity (Wildman–Crippen MR) is 60.3 cm³/mol. The summed E-state index contributed by atoms with van der Waals surface area (Å²) < 4.78 is 0. The first-order valence-electron chi connectivity index (χ1n) is 4.26. The summed E-state index contributed by atoms with van der Waals surface area (Å²) in [4.78, 5) is 7.84. The van der Waals surface area contributed by atoms with E-state index in [2.05, 4.69) is 16.5 Å². The Morgan fingerprint density at radius 3 is 2.71 bits per heavy atom. The summed E-state index contributed by atoms with van der Waals surface area (Å²) in [6.45, 7) is 3.62. The van der Waals surface area contributed by atoms with E-state index in [4.69, 9.17) is 0 Å². The molecule has 3 heteroatoms. The van der Waals surface area contributed by atoms with Gasteiger partial charge in [-0.25, -0.2) is 0 Å². The monoisotopic (exact) mass is 204 g/mol. The minimum atomic E-state index is 0.862. The molecule has 0 spiro atoms. The molecule has 0 radical (unpaired) electrons. The molecule has 2 aromatic heterocycles. The van der Waals surface area contributed by atoms with Crippen molar-refractivity contribution < 1.29 is 0 Å². The van der Waals surface area contributed by atoms with Crippen LogP contribution in [-0.2, 0) is 6.42 Å². The topological polar surface area (TPSA) is 25.8 Å². The number of hydrogen-bond acceptors (Lipinski definition) is 3. The van der Waals surface area contributed by atoms with Crippen molar-refractivity contribution in [1.82, 2.24) is 9.97 Å². The number of hydrogen-bond donors (Lipinski definition) is 0. The van der Waals surface area contributed by atoms with E-state index in [1.165, 1.54) is 0 Å². The second kappa shape index (κ2) is 6.97. The largest absolute Gasteiger partial charge is 0.261 e. The van der Waals surface area contributed by atoms with Gasteiger partial charge in [-0.05, 0) is 12.1 Å². The van der Waals surface area contributed by atoms with E-state index in [0.717, 1.165) is 12.1 Å². The fourth-order valence-corrected chi connectivity index (χ4v) is 1.19. The van der Waals surface area contributed by atoms with Crippen molar-refractivity contribution in [2.45, 2.75) is 6.42 Å². The minimum absolute atomic E-state index is 0.862. The van der Waals surface area contributed by atoms with Gasteiger partial charge in [-0.1, -0.05) is 12.1 Å². The molecule has 0 aromatic carbocycles. The van der Waals surface area contributed by atoms with Gasteiger partial charge in [0, 0.05) is 29.9 Å². The quantitative estimate of drug-likeness (QED) is 0.703. The normalized spacial score (nSPS) is 8.57. The number of thiazole rings is 1. The van der Waals surface area contributed by atoms with E-state index in [-0.39, 0.29) is 0 Å². The smallest absolute Gasteiger partial charge is 0.0791 e. The number of allylic oxidation sites excluding steroid dienone is 1. The van der Waals surface area contributed by atoms with Crippen LogP contribution >= 0.6 is 11.3 Å². The second-order valence-corrected chi connectivity index (χ2v) is 3.24. The Morgan fingerprint density at radius 2 is 2.29 bits per heavy atom. The van der Waals surface area contributed by atoms with Crippen LogP contribution in [0.15, 0.2) is 54.1 Å². The van der Waals surface area contributed by atoms with Gasteiger partial charge in [0.15, 0.2) is 0 Å². The van der Waals surface area contributed by atoms with Gasteiger partial charge in [0.05, 0.1) is 5.51 Å². The van der Waals surface area contributed by atoms with Crippen molar-refractivity contribution in [3.05, 3.63) is 59.8 Å². The molecule has 0 atom stereocenters. The van der Waals surface area contributed by atoms with Crippen LogP contribution in [0.3, 0.4) is 0 Å². The van der Waals surface area contributed by atoms with Gasteiger partial charge in [-0.3, -0.25) is 9.97 Å². The number of pyridine rings is 1. The SMILES string of the molecule is C=CCc1ccccn1.c1cscn1. The lowest BCUT2D eigenvalue weighted by atomic mass is 10.3. The molecule has 72 valence electrons. The Hall–Kier alpha value is -1.48. The standard InChI is InChI=1S/C8H9N.C3H3NS/c1-2-5-8-6-3-4-7-9-8;1-2-5-3-4-1/h2-4,6-7H,1,5H2;1-3H. The second-order valence-electron chi connectivity index (χ2n) is 2.49. The van der Waals surface area contributed by atoms with Crippen molar-refractivity contribution >= 4 is 11.3 Å². The lowest BCUT2D eigenvalue weighted by Gasteiger charge is -1.90. The lowest BCUT2D eigenvalue weighted by molar-refractivity contribution is 1.11. The molecule has 2 nitrogen and oxygen atoms in total. The third-order valence-corrected chi connectivity index (χ3v) is 1.95. The molecule has 0 N–H and O–H groups in total. The van der Waals surface area contributed by atoms with Crippen LogP contribution in [0.25, 0.3) is 0 Å². The first kappa shape index (κ1) is 10.6. The zero-order valence-electron chi connectivity index (χ0n) is 7.84. The number of aromatic nitrogens is 2. The molecule has 0 bridgehead atoms. The average molecular weight is 204 g/mol.